The van der Waals surface area contributed by atoms with Crippen LogP contribution in [0.4, 0.5) is 0 Å². The van der Waals surface area contributed by atoms with Crippen molar-refractivity contribution < 1.29 is 0 Å². The Morgan fingerprint density at radius 3 is 3.05 bits per heavy atom. The molecule has 0 N–H and O–H groups in total. The van der Waals surface area contributed by atoms with Crippen molar-refractivity contribution in [3.8, 4) is 6.07 Å². The first-order chi connectivity index (χ1) is 10.8. The Hall–Kier alpha value is -2.13. The van der Waals surface area contributed by atoms with E-state index >= 15 is 0 Å². The molecule has 1 fully saturated rings. The third-order valence-corrected chi connectivity index (χ3v) is 4.81. The Morgan fingerprint density at radius 2 is 2.18 bits per heavy atom. The molecular formula is C16H20N6. The molecule has 22 heavy (non-hydrogen) atoms. The fraction of sp³-hybridized carbons (Fsp3) is 0.562. The number of nitrogens with zero attached hydrogens (tertiary/aromatic N) is 6. The second kappa shape index (κ2) is 5.58. The van der Waals surface area contributed by atoms with Crippen LogP contribution in [-0.2, 0) is 19.5 Å². The van der Waals surface area contributed by atoms with Gasteiger partial charge in [-0.05, 0) is 25.7 Å². The van der Waals surface area contributed by atoms with Crippen molar-refractivity contribution in [3.63, 3.8) is 0 Å². The van der Waals surface area contributed by atoms with Gasteiger partial charge in [-0.1, -0.05) is 0 Å². The van der Waals surface area contributed by atoms with E-state index in [1.807, 2.05) is 10.9 Å². The number of hydrogen-bond donors (Lipinski definition) is 0. The zero-order chi connectivity index (χ0) is 14.9. The third-order valence-electron chi connectivity index (χ3n) is 4.81. The van der Waals surface area contributed by atoms with E-state index in [9.17, 15) is 0 Å². The molecule has 0 saturated carbocycles. The zero-order valence-electron chi connectivity index (χ0n) is 12.6. The van der Waals surface area contributed by atoms with Crippen molar-refractivity contribution >= 4 is 0 Å². The fourth-order valence-corrected chi connectivity index (χ4v) is 3.63. The topological polar surface area (TPSA) is 62.7 Å². The van der Waals surface area contributed by atoms with Gasteiger partial charge >= 0.3 is 0 Å². The van der Waals surface area contributed by atoms with Crippen LogP contribution in [0, 0.1) is 11.3 Å². The molecule has 0 bridgehead atoms. The standard InChI is InChI=1S/C16H20N6/c17-7-13-8-18-22(10-13)15-4-6-20(12-15)11-14-9-19-21-5-2-1-3-16(14)21/h8-10,15H,1-6,11-12H2. The first-order valence-corrected chi connectivity index (χ1v) is 8.03. The second-order valence-corrected chi connectivity index (χ2v) is 6.30. The van der Waals surface area contributed by atoms with Gasteiger partial charge < -0.3 is 0 Å². The van der Waals surface area contributed by atoms with E-state index in [0.717, 1.165) is 39.0 Å². The lowest BCUT2D eigenvalue weighted by atomic mass is 10.1. The molecular weight excluding hydrogens is 276 g/mol. The molecule has 6 nitrogen and oxygen atoms in total. The summed E-state index contributed by atoms with van der Waals surface area (Å²) >= 11 is 0. The van der Waals surface area contributed by atoms with E-state index in [1.165, 1.54) is 24.1 Å². The van der Waals surface area contributed by atoms with Gasteiger partial charge in [0, 0.05) is 43.6 Å². The van der Waals surface area contributed by atoms with E-state index in [1.54, 1.807) is 6.20 Å². The Balaban J connectivity index is 1.43. The number of likely N-dealkylation sites (tertiary alicyclic amines) is 1. The molecule has 2 aromatic heterocycles. The number of aromatic nitrogens is 4. The predicted molar refractivity (Wildman–Crippen MR) is 81.0 cm³/mol. The minimum absolute atomic E-state index is 0.383. The maximum atomic E-state index is 8.91. The molecule has 1 unspecified atom stereocenters. The maximum absolute atomic E-state index is 8.91. The monoisotopic (exact) mass is 296 g/mol. The lowest BCUT2D eigenvalue weighted by Crippen LogP contribution is -2.22. The quantitative estimate of drug-likeness (QED) is 0.865. The molecule has 6 heteroatoms. The summed E-state index contributed by atoms with van der Waals surface area (Å²) < 4.78 is 4.13. The van der Waals surface area contributed by atoms with Gasteiger partial charge in [0.25, 0.3) is 0 Å². The minimum Gasteiger partial charge on any atom is -0.297 e. The summed E-state index contributed by atoms with van der Waals surface area (Å²) in [7, 11) is 0. The van der Waals surface area contributed by atoms with Gasteiger partial charge in [-0.2, -0.15) is 15.5 Å². The molecule has 114 valence electrons. The molecule has 2 aromatic rings. The van der Waals surface area contributed by atoms with E-state index < -0.39 is 0 Å². The van der Waals surface area contributed by atoms with Crippen molar-refractivity contribution in [1.29, 1.82) is 5.26 Å². The van der Waals surface area contributed by atoms with Crippen molar-refractivity contribution in [3.05, 3.63) is 35.4 Å². The number of nitriles is 1. The Bertz CT molecular complexity index is 707. The van der Waals surface area contributed by atoms with Crippen molar-refractivity contribution in [1.82, 2.24) is 24.5 Å². The predicted octanol–water partition coefficient (Wildman–Crippen LogP) is 1.73. The van der Waals surface area contributed by atoms with Crippen molar-refractivity contribution in [2.24, 2.45) is 0 Å². The maximum Gasteiger partial charge on any atom is 0.102 e. The molecule has 2 aliphatic heterocycles. The summed E-state index contributed by atoms with van der Waals surface area (Å²) in [5, 5.41) is 17.8. The molecule has 0 radical (unpaired) electrons. The van der Waals surface area contributed by atoms with Gasteiger partial charge in [-0.25, -0.2) is 0 Å². The lowest BCUT2D eigenvalue weighted by molar-refractivity contribution is 0.309. The van der Waals surface area contributed by atoms with Gasteiger partial charge in [0.05, 0.1) is 24.0 Å². The van der Waals surface area contributed by atoms with Gasteiger partial charge in [0.15, 0.2) is 0 Å². The van der Waals surface area contributed by atoms with E-state index in [0.29, 0.717) is 11.6 Å². The summed E-state index contributed by atoms with van der Waals surface area (Å²) in [5.74, 6) is 0. The number of aryl methyl sites for hydroxylation is 1. The van der Waals surface area contributed by atoms with Crippen LogP contribution in [0.15, 0.2) is 18.6 Å². The zero-order valence-corrected chi connectivity index (χ0v) is 12.6. The molecule has 4 heterocycles. The third kappa shape index (κ3) is 2.42. The summed E-state index contributed by atoms with van der Waals surface area (Å²) in [6, 6.07) is 2.53. The summed E-state index contributed by atoms with van der Waals surface area (Å²) in [6.45, 7) is 4.13. The molecule has 1 atom stereocenters. The molecule has 0 aliphatic carbocycles. The molecule has 2 aliphatic rings. The largest absolute Gasteiger partial charge is 0.297 e. The lowest BCUT2D eigenvalue weighted by Gasteiger charge is -2.19. The Morgan fingerprint density at radius 1 is 1.23 bits per heavy atom. The highest BCUT2D eigenvalue weighted by molar-refractivity contribution is 5.22. The Labute approximate surface area is 129 Å². The molecule has 0 spiro atoms. The summed E-state index contributed by atoms with van der Waals surface area (Å²) in [5.41, 5.74) is 3.46. The normalized spacial score (nSPS) is 21.7. The fourth-order valence-electron chi connectivity index (χ4n) is 3.63. The van der Waals surface area contributed by atoms with Crippen LogP contribution in [0.1, 0.15) is 42.1 Å². The molecule has 4 rings (SSSR count). The summed E-state index contributed by atoms with van der Waals surface area (Å²) in [4.78, 5) is 2.48. The number of fused-ring (bicyclic) bond motifs is 1. The second-order valence-electron chi connectivity index (χ2n) is 6.30. The van der Waals surface area contributed by atoms with Crippen LogP contribution < -0.4 is 0 Å². The highest BCUT2D eigenvalue weighted by atomic mass is 15.3. The highest BCUT2D eigenvalue weighted by Gasteiger charge is 2.26. The smallest absolute Gasteiger partial charge is 0.102 e. The van der Waals surface area contributed by atoms with Gasteiger partial charge in [-0.3, -0.25) is 14.3 Å². The van der Waals surface area contributed by atoms with E-state index in [2.05, 4.69) is 32.0 Å². The molecule has 0 aromatic carbocycles. The van der Waals surface area contributed by atoms with Gasteiger partial charge in [0.1, 0.15) is 6.07 Å². The van der Waals surface area contributed by atoms with Crippen LogP contribution in [0.5, 0.6) is 0 Å². The van der Waals surface area contributed by atoms with Gasteiger partial charge in [0.2, 0.25) is 0 Å². The van der Waals surface area contributed by atoms with E-state index in [4.69, 9.17) is 5.26 Å². The number of rotatable bonds is 3. The van der Waals surface area contributed by atoms with Crippen molar-refractivity contribution in [2.75, 3.05) is 13.1 Å². The first-order valence-electron chi connectivity index (χ1n) is 8.03. The first kappa shape index (κ1) is 13.5. The Kier molecular flexibility index (Phi) is 3.43. The van der Waals surface area contributed by atoms with Crippen LogP contribution >= 0.6 is 0 Å². The average Bonchev–Trinajstić information content (AvgIpc) is 3.27. The SMILES string of the molecule is N#Cc1cnn(C2CCN(Cc3cnn4c3CCCC4)C2)c1. The number of hydrogen-bond acceptors (Lipinski definition) is 4. The highest BCUT2D eigenvalue weighted by Crippen LogP contribution is 2.25. The van der Waals surface area contributed by atoms with Crippen LogP contribution in [0.25, 0.3) is 0 Å². The van der Waals surface area contributed by atoms with Crippen LogP contribution in [0.3, 0.4) is 0 Å². The van der Waals surface area contributed by atoms with Gasteiger partial charge in [-0.15, -0.1) is 0 Å². The average molecular weight is 296 g/mol. The van der Waals surface area contributed by atoms with Crippen LogP contribution in [-0.4, -0.2) is 37.6 Å². The van der Waals surface area contributed by atoms with Crippen LogP contribution in [0.2, 0.25) is 0 Å². The van der Waals surface area contributed by atoms with Crippen molar-refractivity contribution in [2.45, 2.75) is 44.8 Å². The summed E-state index contributed by atoms with van der Waals surface area (Å²) in [6.07, 6.45) is 10.3. The molecule has 1 saturated heterocycles. The molecule has 0 amide bonds. The van der Waals surface area contributed by atoms with E-state index in [-0.39, 0.29) is 0 Å². The minimum atomic E-state index is 0.383.